The first-order chi connectivity index (χ1) is 7.11. The summed E-state index contributed by atoms with van der Waals surface area (Å²) in [5, 5.41) is 3.80. The second-order valence-corrected chi connectivity index (χ2v) is 7.52. The SMILES string of the molecule is CNC1CCS(=O)(=Nc2cnc(Cl)s2)C1. The summed E-state index contributed by atoms with van der Waals surface area (Å²) in [5.74, 6) is 1.28. The van der Waals surface area contributed by atoms with Crippen LogP contribution in [-0.4, -0.2) is 33.8 Å². The molecule has 1 aliphatic heterocycles. The molecule has 0 saturated carbocycles. The number of aromatic nitrogens is 1. The van der Waals surface area contributed by atoms with E-state index in [1.54, 1.807) is 6.20 Å². The fourth-order valence-electron chi connectivity index (χ4n) is 1.57. The van der Waals surface area contributed by atoms with Gasteiger partial charge in [0.05, 0.1) is 15.9 Å². The molecular formula is C8H12ClN3OS2. The van der Waals surface area contributed by atoms with Gasteiger partial charge in [-0.1, -0.05) is 22.9 Å². The molecule has 84 valence electrons. The van der Waals surface area contributed by atoms with Crippen molar-refractivity contribution in [2.24, 2.45) is 4.36 Å². The average Bonchev–Trinajstić information content (AvgIpc) is 2.74. The van der Waals surface area contributed by atoms with Crippen LogP contribution in [0.15, 0.2) is 10.6 Å². The summed E-state index contributed by atoms with van der Waals surface area (Å²) in [6.45, 7) is 0. The smallest absolute Gasteiger partial charge is 0.185 e. The lowest BCUT2D eigenvalue weighted by atomic mass is 10.3. The molecule has 0 aliphatic carbocycles. The Morgan fingerprint density at radius 1 is 1.80 bits per heavy atom. The van der Waals surface area contributed by atoms with E-state index in [9.17, 15) is 4.21 Å². The lowest BCUT2D eigenvalue weighted by Crippen LogP contribution is -2.25. The summed E-state index contributed by atoms with van der Waals surface area (Å²) in [4.78, 5) is 3.88. The third-order valence-electron chi connectivity index (χ3n) is 2.38. The van der Waals surface area contributed by atoms with Crippen molar-refractivity contribution < 1.29 is 4.21 Å². The predicted octanol–water partition coefficient (Wildman–Crippen LogP) is 1.89. The van der Waals surface area contributed by atoms with Gasteiger partial charge < -0.3 is 5.32 Å². The number of nitrogens with zero attached hydrogens (tertiary/aromatic N) is 2. The number of thiazole rings is 1. The average molecular weight is 266 g/mol. The van der Waals surface area contributed by atoms with Gasteiger partial charge in [-0.15, -0.1) is 0 Å². The van der Waals surface area contributed by atoms with Crippen molar-refractivity contribution in [1.29, 1.82) is 0 Å². The minimum absolute atomic E-state index is 0.324. The van der Waals surface area contributed by atoms with Crippen molar-refractivity contribution in [2.75, 3.05) is 18.6 Å². The van der Waals surface area contributed by atoms with Crippen molar-refractivity contribution in [3.63, 3.8) is 0 Å². The Kier molecular flexibility index (Phi) is 3.30. The van der Waals surface area contributed by atoms with Crippen molar-refractivity contribution in [3.8, 4) is 0 Å². The summed E-state index contributed by atoms with van der Waals surface area (Å²) in [5.41, 5.74) is 0. The van der Waals surface area contributed by atoms with Crippen LogP contribution in [0, 0.1) is 0 Å². The van der Waals surface area contributed by atoms with Gasteiger partial charge >= 0.3 is 0 Å². The Morgan fingerprint density at radius 2 is 2.60 bits per heavy atom. The standard InChI is InChI=1S/C8H12ClN3OS2/c1-10-6-2-3-15(13,5-6)12-7-4-11-8(9)14-7/h4,6,10H,2-3,5H2,1H3. The first kappa shape index (κ1) is 11.3. The van der Waals surface area contributed by atoms with Gasteiger partial charge in [-0.2, -0.15) is 4.36 Å². The molecule has 15 heavy (non-hydrogen) atoms. The van der Waals surface area contributed by atoms with Gasteiger partial charge in [0.15, 0.2) is 4.47 Å². The Labute approximate surface area is 98.2 Å². The largest absolute Gasteiger partial charge is 0.316 e. The van der Waals surface area contributed by atoms with Crippen molar-refractivity contribution in [3.05, 3.63) is 10.7 Å². The third-order valence-corrected chi connectivity index (χ3v) is 5.83. The van der Waals surface area contributed by atoms with Crippen LogP contribution in [0.1, 0.15) is 6.42 Å². The zero-order valence-electron chi connectivity index (χ0n) is 8.27. The van der Waals surface area contributed by atoms with Crippen LogP contribution in [0.25, 0.3) is 0 Å². The van der Waals surface area contributed by atoms with Crippen LogP contribution < -0.4 is 5.32 Å². The van der Waals surface area contributed by atoms with Gasteiger partial charge in [0.1, 0.15) is 5.00 Å². The highest BCUT2D eigenvalue weighted by Crippen LogP contribution is 2.28. The van der Waals surface area contributed by atoms with E-state index in [4.69, 9.17) is 11.6 Å². The first-order valence-electron chi connectivity index (χ1n) is 4.62. The molecule has 0 spiro atoms. The quantitative estimate of drug-likeness (QED) is 0.889. The van der Waals surface area contributed by atoms with Crippen LogP contribution in [0.3, 0.4) is 0 Å². The summed E-state index contributed by atoms with van der Waals surface area (Å²) in [7, 11) is -0.192. The number of rotatable bonds is 2. The van der Waals surface area contributed by atoms with E-state index in [0.29, 0.717) is 27.0 Å². The molecule has 1 aliphatic rings. The highest BCUT2D eigenvalue weighted by atomic mass is 35.5. The third kappa shape index (κ3) is 2.69. The topological polar surface area (TPSA) is 54.4 Å². The van der Waals surface area contributed by atoms with Crippen molar-refractivity contribution in [2.45, 2.75) is 12.5 Å². The lowest BCUT2D eigenvalue weighted by molar-refractivity contribution is 0.622. The number of hydrogen-bond donors (Lipinski definition) is 1. The molecular weight excluding hydrogens is 254 g/mol. The van der Waals surface area contributed by atoms with Gasteiger partial charge in [-0.25, -0.2) is 9.19 Å². The molecule has 2 heterocycles. The Hall–Kier alpha value is -0.170. The molecule has 1 aromatic heterocycles. The molecule has 4 nitrogen and oxygen atoms in total. The second kappa shape index (κ2) is 4.37. The van der Waals surface area contributed by atoms with Gasteiger partial charge in [-0.3, -0.25) is 0 Å². The molecule has 0 radical (unpaired) electrons. The fraction of sp³-hybridized carbons (Fsp3) is 0.625. The summed E-state index contributed by atoms with van der Waals surface area (Å²) < 4.78 is 17.0. The molecule has 2 rings (SSSR count). The van der Waals surface area contributed by atoms with Gasteiger partial charge in [-0.05, 0) is 13.5 Å². The van der Waals surface area contributed by atoms with E-state index in [2.05, 4.69) is 14.7 Å². The summed E-state index contributed by atoms with van der Waals surface area (Å²) in [6, 6.07) is 0.324. The number of halogens is 1. The molecule has 1 N–H and O–H groups in total. The highest BCUT2D eigenvalue weighted by Gasteiger charge is 2.25. The molecule has 0 amide bonds. The molecule has 0 bridgehead atoms. The maximum absolute atomic E-state index is 12.3. The Balaban J connectivity index is 2.24. The van der Waals surface area contributed by atoms with Crippen LogP contribution in [-0.2, 0) is 9.73 Å². The van der Waals surface area contributed by atoms with E-state index < -0.39 is 9.73 Å². The Morgan fingerprint density at radius 3 is 3.13 bits per heavy atom. The minimum Gasteiger partial charge on any atom is -0.316 e. The molecule has 1 fully saturated rings. The van der Waals surface area contributed by atoms with Gasteiger partial charge in [0.25, 0.3) is 0 Å². The summed E-state index contributed by atoms with van der Waals surface area (Å²) >= 11 is 6.96. The molecule has 0 aromatic carbocycles. The first-order valence-corrected chi connectivity index (χ1v) is 7.67. The lowest BCUT2D eigenvalue weighted by Gasteiger charge is -2.03. The van der Waals surface area contributed by atoms with Crippen LogP contribution >= 0.6 is 22.9 Å². The van der Waals surface area contributed by atoms with Crippen molar-refractivity contribution >= 4 is 37.7 Å². The molecule has 7 heteroatoms. The zero-order valence-corrected chi connectivity index (χ0v) is 10.7. The normalized spacial score (nSPS) is 30.7. The maximum Gasteiger partial charge on any atom is 0.185 e. The van der Waals surface area contributed by atoms with Crippen LogP contribution in [0.4, 0.5) is 5.00 Å². The van der Waals surface area contributed by atoms with E-state index in [0.717, 1.165) is 6.42 Å². The Bertz CT molecular complexity index is 464. The minimum atomic E-state index is -2.08. The van der Waals surface area contributed by atoms with E-state index in [1.807, 2.05) is 7.05 Å². The predicted molar refractivity (Wildman–Crippen MR) is 64.6 cm³/mol. The van der Waals surface area contributed by atoms with Gasteiger partial charge in [0.2, 0.25) is 0 Å². The summed E-state index contributed by atoms with van der Waals surface area (Å²) in [6.07, 6.45) is 2.50. The molecule has 2 unspecified atom stereocenters. The highest BCUT2D eigenvalue weighted by molar-refractivity contribution is 7.94. The zero-order chi connectivity index (χ0) is 10.9. The van der Waals surface area contributed by atoms with E-state index in [1.165, 1.54) is 11.3 Å². The fourth-order valence-corrected chi connectivity index (χ4v) is 5.12. The van der Waals surface area contributed by atoms with E-state index >= 15 is 0 Å². The molecule has 1 aromatic rings. The monoisotopic (exact) mass is 265 g/mol. The van der Waals surface area contributed by atoms with Crippen molar-refractivity contribution in [1.82, 2.24) is 10.3 Å². The number of hydrogen-bond acceptors (Lipinski definition) is 5. The maximum atomic E-state index is 12.3. The second-order valence-electron chi connectivity index (χ2n) is 3.46. The molecule has 1 saturated heterocycles. The van der Waals surface area contributed by atoms with Gasteiger partial charge in [0, 0.05) is 17.5 Å². The molecule has 2 atom stereocenters. The van der Waals surface area contributed by atoms with Crippen LogP contribution in [0.2, 0.25) is 4.47 Å². The van der Waals surface area contributed by atoms with Crippen LogP contribution in [0.5, 0.6) is 0 Å². The number of nitrogens with one attached hydrogen (secondary N) is 1. The van der Waals surface area contributed by atoms with E-state index in [-0.39, 0.29) is 0 Å².